The summed E-state index contributed by atoms with van der Waals surface area (Å²) in [4.78, 5) is 36.0. The third-order valence-corrected chi connectivity index (χ3v) is 3.56. The molecule has 1 aromatic rings. The molecule has 0 spiro atoms. The molecular formula is C17H20N2O4. The summed E-state index contributed by atoms with van der Waals surface area (Å²) in [6.45, 7) is 5.95. The van der Waals surface area contributed by atoms with Gasteiger partial charge in [0.1, 0.15) is 12.2 Å². The summed E-state index contributed by atoms with van der Waals surface area (Å²) in [5.74, 6) is -1.19. The highest BCUT2D eigenvalue weighted by Crippen LogP contribution is 2.23. The van der Waals surface area contributed by atoms with E-state index in [4.69, 9.17) is 0 Å². The van der Waals surface area contributed by atoms with Gasteiger partial charge in [0.2, 0.25) is 0 Å². The molecule has 1 aromatic carbocycles. The lowest BCUT2D eigenvalue weighted by Gasteiger charge is -2.18. The molecule has 0 radical (unpaired) electrons. The Kier molecular flexibility index (Phi) is 4.54. The fraction of sp³-hybridized carbons (Fsp3) is 0.353. The van der Waals surface area contributed by atoms with Gasteiger partial charge in [-0.2, -0.15) is 0 Å². The van der Waals surface area contributed by atoms with Crippen molar-refractivity contribution in [3.63, 3.8) is 0 Å². The first-order valence-corrected chi connectivity index (χ1v) is 7.24. The van der Waals surface area contributed by atoms with E-state index in [1.807, 2.05) is 24.3 Å². The number of imide groups is 1. The normalized spacial score (nSPS) is 16.7. The molecule has 0 unspecified atom stereocenters. The Morgan fingerprint density at radius 2 is 1.83 bits per heavy atom. The lowest BCUT2D eigenvalue weighted by Crippen LogP contribution is -2.36. The van der Waals surface area contributed by atoms with Crippen molar-refractivity contribution >= 4 is 24.0 Å². The topological polar surface area (TPSA) is 75.7 Å². The van der Waals surface area contributed by atoms with Crippen molar-refractivity contribution in [1.29, 1.82) is 0 Å². The number of urea groups is 1. The maximum atomic E-state index is 12.2. The molecule has 0 aliphatic carbocycles. The molecule has 0 saturated carbocycles. The number of hydrogen-bond donors (Lipinski definition) is 1. The van der Waals surface area contributed by atoms with Crippen LogP contribution < -0.4 is 5.32 Å². The molecule has 1 N–H and O–H groups in total. The zero-order valence-corrected chi connectivity index (χ0v) is 13.7. The fourth-order valence-electron chi connectivity index (χ4n) is 2.15. The summed E-state index contributed by atoms with van der Waals surface area (Å²) in [5.41, 5.74) is 2.15. The molecule has 0 atom stereocenters. The average Bonchev–Trinajstić information content (AvgIpc) is 2.74. The quantitative estimate of drug-likeness (QED) is 0.526. The Labute approximate surface area is 135 Å². The van der Waals surface area contributed by atoms with E-state index in [9.17, 15) is 14.4 Å². The number of hydrogen-bond acceptors (Lipinski definition) is 4. The van der Waals surface area contributed by atoms with Gasteiger partial charge in [-0.25, -0.2) is 9.69 Å². The maximum Gasteiger partial charge on any atom is 0.329 e. The minimum absolute atomic E-state index is 0.0420. The minimum atomic E-state index is -0.649. The summed E-state index contributed by atoms with van der Waals surface area (Å²) < 4.78 is 4.48. The second-order valence-electron chi connectivity index (χ2n) is 6.33. The van der Waals surface area contributed by atoms with Crippen LogP contribution in [0, 0.1) is 0 Å². The number of rotatable bonds is 3. The van der Waals surface area contributed by atoms with Gasteiger partial charge in [-0.3, -0.25) is 9.59 Å². The number of methoxy groups -OCH3 is 1. The molecule has 1 aliphatic heterocycles. The molecule has 1 aliphatic rings. The number of amides is 3. The zero-order valence-electron chi connectivity index (χ0n) is 13.7. The Bertz CT molecular complexity index is 669. The van der Waals surface area contributed by atoms with Gasteiger partial charge >= 0.3 is 12.0 Å². The first-order valence-electron chi connectivity index (χ1n) is 7.24. The van der Waals surface area contributed by atoms with Crippen LogP contribution in [0.5, 0.6) is 0 Å². The molecular weight excluding hydrogens is 296 g/mol. The van der Waals surface area contributed by atoms with Crippen molar-refractivity contribution in [2.75, 3.05) is 13.7 Å². The SMILES string of the molecule is COC(=O)CN1C(=O)N/C(=C/c2ccc(C(C)(C)C)cc2)C1=O. The Balaban J connectivity index is 2.19. The van der Waals surface area contributed by atoms with Gasteiger partial charge in [-0.1, -0.05) is 45.0 Å². The monoisotopic (exact) mass is 316 g/mol. The molecule has 23 heavy (non-hydrogen) atoms. The van der Waals surface area contributed by atoms with Gasteiger partial charge in [0, 0.05) is 0 Å². The van der Waals surface area contributed by atoms with Gasteiger partial charge in [0.25, 0.3) is 5.91 Å². The van der Waals surface area contributed by atoms with Crippen LogP contribution >= 0.6 is 0 Å². The van der Waals surface area contributed by atoms with E-state index in [2.05, 4.69) is 30.8 Å². The molecule has 122 valence electrons. The molecule has 3 amide bonds. The number of nitrogens with zero attached hydrogens (tertiary/aromatic N) is 1. The first kappa shape index (κ1) is 16.7. The molecule has 0 bridgehead atoms. The molecule has 1 saturated heterocycles. The van der Waals surface area contributed by atoms with Gasteiger partial charge < -0.3 is 10.1 Å². The lowest BCUT2D eigenvalue weighted by molar-refractivity contribution is -0.143. The predicted molar refractivity (Wildman–Crippen MR) is 85.4 cm³/mol. The van der Waals surface area contributed by atoms with Gasteiger partial charge in [-0.15, -0.1) is 0 Å². The lowest BCUT2D eigenvalue weighted by atomic mass is 9.87. The highest BCUT2D eigenvalue weighted by Gasteiger charge is 2.35. The van der Waals surface area contributed by atoms with Crippen LogP contribution in [0.1, 0.15) is 31.9 Å². The third-order valence-electron chi connectivity index (χ3n) is 3.56. The van der Waals surface area contributed by atoms with E-state index in [1.165, 1.54) is 12.7 Å². The Morgan fingerprint density at radius 3 is 2.35 bits per heavy atom. The number of carbonyl (C=O) groups excluding carboxylic acids is 3. The number of nitrogens with one attached hydrogen (secondary N) is 1. The Hall–Kier alpha value is -2.63. The van der Waals surface area contributed by atoms with Crippen LogP contribution in [0.2, 0.25) is 0 Å². The molecule has 0 aromatic heterocycles. The van der Waals surface area contributed by atoms with Gasteiger partial charge in [0.15, 0.2) is 0 Å². The van der Waals surface area contributed by atoms with E-state index >= 15 is 0 Å². The predicted octanol–water partition coefficient (Wildman–Crippen LogP) is 2.05. The van der Waals surface area contributed by atoms with Crippen LogP contribution in [0.4, 0.5) is 4.79 Å². The molecule has 2 rings (SSSR count). The highest BCUT2D eigenvalue weighted by atomic mass is 16.5. The van der Waals surface area contributed by atoms with Crippen molar-refractivity contribution in [1.82, 2.24) is 10.2 Å². The molecule has 1 heterocycles. The van der Waals surface area contributed by atoms with Crippen molar-refractivity contribution in [3.05, 3.63) is 41.1 Å². The highest BCUT2D eigenvalue weighted by molar-refractivity contribution is 6.15. The molecule has 1 fully saturated rings. The van der Waals surface area contributed by atoms with E-state index in [-0.39, 0.29) is 11.1 Å². The second-order valence-corrected chi connectivity index (χ2v) is 6.33. The smallest absolute Gasteiger partial charge is 0.329 e. The maximum absolute atomic E-state index is 12.2. The van der Waals surface area contributed by atoms with Crippen LogP contribution in [0.3, 0.4) is 0 Å². The first-order chi connectivity index (χ1) is 10.7. The summed E-state index contributed by atoms with van der Waals surface area (Å²) in [7, 11) is 1.20. The summed E-state index contributed by atoms with van der Waals surface area (Å²) >= 11 is 0. The average molecular weight is 316 g/mol. The van der Waals surface area contributed by atoms with Crippen LogP contribution in [0.25, 0.3) is 6.08 Å². The van der Waals surface area contributed by atoms with Gasteiger partial charge in [-0.05, 0) is 22.6 Å². The minimum Gasteiger partial charge on any atom is -0.468 e. The summed E-state index contributed by atoms with van der Waals surface area (Å²) in [5, 5.41) is 2.47. The van der Waals surface area contributed by atoms with Crippen molar-refractivity contribution < 1.29 is 19.1 Å². The van der Waals surface area contributed by atoms with Crippen molar-refractivity contribution in [3.8, 4) is 0 Å². The number of esters is 1. The van der Waals surface area contributed by atoms with E-state index in [0.717, 1.165) is 10.5 Å². The van der Waals surface area contributed by atoms with Crippen LogP contribution in [-0.2, 0) is 19.7 Å². The molecule has 6 heteroatoms. The third kappa shape index (κ3) is 3.77. The zero-order chi connectivity index (χ0) is 17.2. The summed E-state index contributed by atoms with van der Waals surface area (Å²) in [6.07, 6.45) is 1.59. The number of benzene rings is 1. The van der Waals surface area contributed by atoms with E-state index < -0.39 is 24.5 Å². The standard InChI is InChI=1S/C17H20N2O4/c1-17(2,3)12-7-5-11(6-8-12)9-13-15(21)19(16(22)18-13)10-14(20)23-4/h5-9H,10H2,1-4H3,(H,18,22)/b13-9+. The van der Waals surface area contributed by atoms with E-state index in [1.54, 1.807) is 6.08 Å². The number of carbonyl (C=O) groups is 3. The Morgan fingerprint density at radius 1 is 1.22 bits per heavy atom. The van der Waals surface area contributed by atoms with Crippen molar-refractivity contribution in [2.24, 2.45) is 0 Å². The summed E-state index contributed by atoms with van der Waals surface area (Å²) in [6, 6.07) is 7.11. The van der Waals surface area contributed by atoms with Gasteiger partial charge in [0.05, 0.1) is 7.11 Å². The molecule has 6 nitrogen and oxygen atoms in total. The second kappa shape index (κ2) is 6.24. The largest absolute Gasteiger partial charge is 0.468 e. The number of ether oxygens (including phenoxy) is 1. The van der Waals surface area contributed by atoms with Crippen LogP contribution in [0.15, 0.2) is 30.0 Å². The fourth-order valence-corrected chi connectivity index (χ4v) is 2.15. The van der Waals surface area contributed by atoms with E-state index in [0.29, 0.717) is 0 Å². The van der Waals surface area contributed by atoms with Crippen molar-refractivity contribution in [2.45, 2.75) is 26.2 Å². The van der Waals surface area contributed by atoms with Crippen LogP contribution in [-0.4, -0.2) is 36.5 Å².